The van der Waals surface area contributed by atoms with Crippen LogP contribution in [0.3, 0.4) is 0 Å². The number of hydrogen-bond acceptors (Lipinski definition) is 3. The van der Waals surface area contributed by atoms with Crippen LogP contribution in [0.4, 0.5) is 0 Å². The van der Waals surface area contributed by atoms with Crippen molar-refractivity contribution in [1.29, 1.82) is 0 Å². The number of benzene rings is 1. The van der Waals surface area contributed by atoms with Crippen molar-refractivity contribution < 1.29 is 19.5 Å². The van der Waals surface area contributed by atoms with Crippen molar-refractivity contribution in [2.45, 2.75) is 32.6 Å². The van der Waals surface area contributed by atoms with Crippen LogP contribution in [0.2, 0.25) is 0 Å². The number of rotatable bonds is 9. The molecule has 21 heavy (non-hydrogen) atoms. The van der Waals surface area contributed by atoms with Gasteiger partial charge in [-0.15, -0.1) is 0 Å². The van der Waals surface area contributed by atoms with Gasteiger partial charge in [0.25, 0.3) is 0 Å². The molecule has 0 aliphatic heterocycles. The molecular formula is C16H21NO4. The van der Waals surface area contributed by atoms with Gasteiger partial charge < -0.3 is 10.0 Å². The van der Waals surface area contributed by atoms with Crippen LogP contribution in [0, 0.1) is 0 Å². The number of carbonyl (C=O) groups excluding carboxylic acids is 2. The van der Waals surface area contributed by atoms with Gasteiger partial charge >= 0.3 is 5.97 Å². The van der Waals surface area contributed by atoms with E-state index < -0.39 is 5.97 Å². The molecule has 1 aromatic rings. The number of carbonyl (C=O) groups is 3. The van der Waals surface area contributed by atoms with Crippen LogP contribution in [-0.2, 0) is 9.59 Å². The molecule has 0 fully saturated rings. The third kappa shape index (κ3) is 6.21. The Kier molecular flexibility index (Phi) is 7.15. The van der Waals surface area contributed by atoms with E-state index in [0.717, 1.165) is 6.42 Å². The molecule has 1 aromatic carbocycles. The Morgan fingerprint density at radius 3 is 2.24 bits per heavy atom. The summed E-state index contributed by atoms with van der Waals surface area (Å²) in [5, 5.41) is 8.69. The molecule has 1 rings (SSSR count). The Bertz CT molecular complexity index is 484. The first kappa shape index (κ1) is 16.9. The van der Waals surface area contributed by atoms with Crippen molar-refractivity contribution in [2.24, 2.45) is 0 Å². The van der Waals surface area contributed by atoms with Crippen molar-refractivity contribution in [3.63, 3.8) is 0 Å². The molecule has 0 heterocycles. The highest BCUT2D eigenvalue weighted by Crippen LogP contribution is 2.07. The lowest BCUT2D eigenvalue weighted by molar-refractivity contribution is -0.138. The van der Waals surface area contributed by atoms with Crippen LogP contribution in [0.5, 0.6) is 0 Å². The molecule has 0 radical (unpaired) electrons. The van der Waals surface area contributed by atoms with Crippen LogP contribution in [0.25, 0.3) is 0 Å². The fourth-order valence-electron chi connectivity index (χ4n) is 2.01. The minimum atomic E-state index is -0.927. The van der Waals surface area contributed by atoms with Crippen LogP contribution in [-0.4, -0.2) is 40.8 Å². The molecule has 0 spiro atoms. The lowest BCUT2D eigenvalue weighted by Gasteiger charge is -2.21. The van der Waals surface area contributed by atoms with Crippen LogP contribution in [0.15, 0.2) is 30.3 Å². The molecule has 0 unspecified atom stereocenters. The number of carboxylic acids is 1. The molecule has 0 saturated heterocycles. The summed E-state index contributed by atoms with van der Waals surface area (Å²) in [5.74, 6) is -1.16. The van der Waals surface area contributed by atoms with Gasteiger partial charge in [-0.05, 0) is 6.42 Å². The van der Waals surface area contributed by atoms with Crippen molar-refractivity contribution in [3.05, 3.63) is 35.9 Å². The Morgan fingerprint density at radius 2 is 1.67 bits per heavy atom. The predicted molar refractivity (Wildman–Crippen MR) is 79.1 cm³/mol. The molecule has 0 aromatic heterocycles. The number of carboxylic acid groups (broad SMARTS) is 1. The van der Waals surface area contributed by atoms with Crippen molar-refractivity contribution in [3.8, 4) is 0 Å². The summed E-state index contributed by atoms with van der Waals surface area (Å²) in [6.45, 7) is 2.64. The number of nitrogens with zero attached hydrogens (tertiary/aromatic N) is 1. The highest BCUT2D eigenvalue weighted by molar-refractivity contribution is 5.97. The topological polar surface area (TPSA) is 74.7 Å². The second-order valence-corrected chi connectivity index (χ2v) is 4.81. The van der Waals surface area contributed by atoms with E-state index in [-0.39, 0.29) is 37.5 Å². The van der Waals surface area contributed by atoms with E-state index >= 15 is 0 Å². The fourth-order valence-corrected chi connectivity index (χ4v) is 2.01. The highest BCUT2D eigenvalue weighted by atomic mass is 16.4. The van der Waals surface area contributed by atoms with Gasteiger partial charge in [-0.25, -0.2) is 0 Å². The quantitative estimate of drug-likeness (QED) is 0.709. The molecule has 1 amide bonds. The Labute approximate surface area is 124 Å². The van der Waals surface area contributed by atoms with E-state index in [1.807, 2.05) is 13.0 Å². The normalized spacial score (nSPS) is 10.1. The molecular weight excluding hydrogens is 270 g/mol. The van der Waals surface area contributed by atoms with Crippen molar-refractivity contribution in [1.82, 2.24) is 4.90 Å². The number of Topliss-reactive ketones (excluding diaryl/α,β-unsaturated/α-hetero) is 1. The SMILES string of the molecule is CCCN(CCC(=O)O)C(=O)CCC(=O)c1ccccc1. The molecule has 5 nitrogen and oxygen atoms in total. The van der Waals surface area contributed by atoms with Gasteiger partial charge in [0.1, 0.15) is 0 Å². The summed E-state index contributed by atoms with van der Waals surface area (Å²) >= 11 is 0. The number of aliphatic carboxylic acids is 1. The number of hydrogen-bond donors (Lipinski definition) is 1. The molecule has 1 N–H and O–H groups in total. The Hall–Kier alpha value is -2.17. The Morgan fingerprint density at radius 1 is 1.00 bits per heavy atom. The lowest BCUT2D eigenvalue weighted by atomic mass is 10.1. The lowest BCUT2D eigenvalue weighted by Crippen LogP contribution is -2.33. The smallest absolute Gasteiger partial charge is 0.305 e. The van der Waals surface area contributed by atoms with Crippen LogP contribution >= 0.6 is 0 Å². The zero-order valence-corrected chi connectivity index (χ0v) is 12.2. The first-order valence-electron chi connectivity index (χ1n) is 7.12. The monoisotopic (exact) mass is 291 g/mol. The van der Waals surface area contributed by atoms with E-state index in [2.05, 4.69) is 0 Å². The summed E-state index contributed by atoms with van der Waals surface area (Å²) < 4.78 is 0. The average molecular weight is 291 g/mol. The molecule has 0 bridgehead atoms. The standard InChI is InChI=1S/C16H21NO4/c1-2-11-17(12-10-16(20)21)15(19)9-8-14(18)13-6-4-3-5-7-13/h3-7H,2,8-12H2,1H3,(H,20,21). The van der Waals surface area contributed by atoms with Gasteiger partial charge in [0, 0.05) is 31.5 Å². The van der Waals surface area contributed by atoms with Crippen molar-refractivity contribution >= 4 is 17.7 Å². The van der Waals surface area contributed by atoms with Gasteiger partial charge in [0.05, 0.1) is 6.42 Å². The zero-order chi connectivity index (χ0) is 15.7. The van der Waals surface area contributed by atoms with Gasteiger partial charge in [-0.3, -0.25) is 14.4 Å². The predicted octanol–water partition coefficient (Wildman–Crippen LogP) is 2.36. The summed E-state index contributed by atoms with van der Waals surface area (Å²) in [5.41, 5.74) is 0.595. The summed E-state index contributed by atoms with van der Waals surface area (Å²) in [4.78, 5) is 36.1. The van der Waals surface area contributed by atoms with E-state index in [0.29, 0.717) is 12.1 Å². The molecule has 5 heteroatoms. The van der Waals surface area contributed by atoms with E-state index in [9.17, 15) is 14.4 Å². The molecule has 0 aliphatic rings. The second-order valence-electron chi connectivity index (χ2n) is 4.81. The largest absolute Gasteiger partial charge is 0.481 e. The maximum atomic E-state index is 12.1. The number of ketones is 1. The fraction of sp³-hybridized carbons (Fsp3) is 0.438. The van der Waals surface area contributed by atoms with E-state index in [1.54, 1.807) is 24.3 Å². The zero-order valence-electron chi connectivity index (χ0n) is 12.2. The van der Waals surface area contributed by atoms with Crippen molar-refractivity contribution in [2.75, 3.05) is 13.1 Å². The average Bonchev–Trinajstić information content (AvgIpc) is 2.49. The minimum absolute atomic E-state index is 0.0707. The maximum absolute atomic E-state index is 12.1. The molecule has 0 atom stereocenters. The van der Waals surface area contributed by atoms with E-state index in [1.165, 1.54) is 4.90 Å². The summed E-state index contributed by atoms with van der Waals surface area (Å²) in [6.07, 6.45) is 0.958. The van der Waals surface area contributed by atoms with Gasteiger partial charge in [-0.1, -0.05) is 37.3 Å². The van der Waals surface area contributed by atoms with Crippen LogP contribution in [0.1, 0.15) is 43.0 Å². The number of amides is 1. The van der Waals surface area contributed by atoms with Gasteiger partial charge in [0.2, 0.25) is 5.91 Å². The minimum Gasteiger partial charge on any atom is -0.481 e. The van der Waals surface area contributed by atoms with Gasteiger partial charge in [0.15, 0.2) is 5.78 Å². The molecule has 0 saturated carbocycles. The van der Waals surface area contributed by atoms with E-state index in [4.69, 9.17) is 5.11 Å². The van der Waals surface area contributed by atoms with Crippen LogP contribution < -0.4 is 0 Å². The third-order valence-corrected chi connectivity index (χ3v) is 3.10. The molecule has 0 aliphatic carbocycles. The highest BCUT2D eigenvalue weighted by Gasteiger charge is 2.16. The summed E-state index contributed by atoms with van der Waals surface area (Å²) in [7, 11) is 0. The first-order chi connectivity index (χ1) is 10.0. The maximum Gasteiger partial charge on any atom is 0.305 e. The summed E-state index contributed by atoms with van der Waals surface area (Å²) in [6, 6.07) is 8.84. The molecule has 114 valence electrons. The Balaban J connectivity index is 2.49. The second kappa shape index (κ2) is 8.89. The third-order valence-electron chi connectivity index (χ3n) is 3.10. The first-order valence-corrected chi connectivity index (χ1v) is 7.12. The van der Waals surface area contributed by atoms with Gasteiger partial charge in [-0.2, -0.15) is 0 Å².